The second-order valence-electron chi connectivity index (χ2n) is 6.50. The zero-order valence-electron chi connectivity index (χ0n) is 15.1. The molecule has 1 fully saturated rings. The van der Waals surface area contributed by atoms with Crippen LogP contribution in [-0.4, -0.2) is 41.7 Å². The molecule has 3 aromatic rings. The largest absolute Gasteiger partial charge is 0.298 e. The predicted octanol–water partition coefficient (Wildman–Crippen LogP) is 3.24. The Morgan fingerprint density at radius 3 is 2.46 bits per heavy atom. The molecule has 4 rings (SSSR count). The molecule has 1 saturated carbocycles. The molecule has 0 aliphatic heterocycles. The molecule has 1 N–H and O–H groups in total. The highest BCUT2D eigenvalue weighted by Crippen LogP contribution is 2.30. The summed E-state index contributed by atoms with van der Waals surface area (Å²) in [6.07, 6.45) is 5.16. The monoisotopic (exact) mass is 414 g/mol. The molecule has 7 nitrogen and oxygen atoms in total. The van der Waals surface area contributed by atoms with Gasteiger partial charge in [0.2, 0.25) is 10.0 Å². The van der Waals surface area contributed by atoms with Gasteiger partial charge in [0.15, 0.2) is 5.13 Å². The second-order valence-corrected chi connectivity index (χ2v) is 9.36. The van der Waals surface area contributed by atoms with Crippen molar-refractivity contribution in [1.29, 1.82) is 0 Å². The van der Waals surface area contributed by atoms with Crippen molar-refractivity contribution in [2.24, 2.45) is 0 Å². The van der Waals surface area contributed by atoms with Gasteiger partial charge in [0.1, 0.15) is 0 Å². The van der Waals surface area contributed by atoms with E-state index in [1.54, 1.807) is 19.4 Å². The number of rotatable bonds is 6. The predicted molar refractivity (Wildman–Crippen MR) is 108 cm³/mol. The van der Waals surface area contributed by atoms with Gasteiger partial charge in [0.05, 0.1) is 10.6 Å². The first-order valence-electron chi connectivity index (χ1n) is 8.70. The number of sulfonamides is 1. The van der Waals surface area contributed by atoms with Crippen molar-refractivity contribution in [3.8, 4) is 11.3 Å². The van der Waals surface area contributed by atoms with E-state index >= 15 is 0 Å². The van der Waals surface area contributed by atoms with E-state index in [-0.39, 0.29) is 16.8 Å². The Morgan fingerprint density at radius 1 is 1.14 bits per heavy atom. The molecule has 0 radical (unpaired) electrons. The molecule has 1 aromatic carbocycles. The van der Waals surface area contributed by atoms with Crippen LogP contribution in [0.5, 0.6) is 0 Å². The number of benzene rings is 1. The van der Waals surface area contributed by atoms with Crippen LogP contribution in [0.25, 0.3) is 11.3 Å². The lowest BCUT2D eigenvalue weighted by Gasteiger charge is -2.16. The Morgan fingerprint density at radius 2 is 1.82 bits per heavy atom. The number of pyridine rings is 1. The van der Waals surface area contributed by atoms with E-state index in [9.17, 15) is 13.2 Å². The van der Waals surface area contributed by atoms with Crippen molar-refractivity contribution in [3.05, 3.63) is 59.7 Å². The second kappa shape index (κ2) is 7.42. The Bertz CT molecular complexity index is 1090. The molecule has 0 unspecified atom stereocenters. The summed E-state index contributed by atoms with van der Waals surface area (Å²) in [5, 5.41) is 5.08. The number of nitrogens with one attached hydrogen (secondary N) is 1. The molecule has 1 aliphatic carbocycles. The number of carbonyl (C=O) groups is 1. The minimum Gasteiger partial charge on any atom is -0.298 e. The Labute approximate surface area is 167 Å². The van der Waals surface area contributed by atoms with E-state index in [0.29, 0.717) is 10.7 Å². The summed E-state index contributed by atoms with van der Waals surface area (Å²) in [5.41, 5.74) is 2.04. The summed E-state index contributed by atoms with van der Waals surface area (Å²) < 4.78 is 26.5. The normalized spacial score (nSPS) is 14.2. The number of carbonyl (C=O) groups excluding carboxylic acids is 1. The van der Waals surface area contributed by atoms with Crippen LogP contribution in [0.15, 0.2) is 59.1 Å². The molecular formula is C19H18N4O3S2. The summed E-state index contributed by atoms with van der Waals surface area (Å²) in [6.45, 7) is 0. The van der Waals surface area contributed by atoms with Gasteiger partial charge < -0.3 is 0 Å². The van der Waals surface area contributed by atoms with Gasteiger partial charge in [0.25, 0.3) is 5.91 Å². The number of hydrogen-bond donors (Lipinski definition) is 1. The van der Waals surface area contributed by atoms with Crippen molar-refractivity contribution in [2.45, 2.75) is 23.8 Å². The zero-order valence-corrected chi connectivity index (χ0v) is 16.7. The lowest BCUT2D eigenvalue weighted by molar-refractivity contribution is 0.102. The van der Waals surface area contributed by atoms with E-state index in [2.05, 4.69) is 15.3 Å². The lowest BCUT2D eigenvalue weighted by Crippen LogP contribution is -2.29. The van der Waals surface area contributed by atoms with Gasteiger partial charge in [-0.25, -0.2) is 13.4 Å². The average molecular weight is 415 g/mol. The Kier molecular flexibility index (Phi) is 4.96. The molecule has 0 saturated heterocycles. The summed E-state index contributed by atoms with van der Waals surface area (Å²) in [4.78, 5) is 21.0. The maximum Gasteiger partial charge on any atom is 0.257 e. The van der Waals surface area contributed by atoms with Gasteiger partial charge in [-0.2, -0.15) is 4.31 Å². The summed E-state index contributed by atoms with van der Waals surface area (Å²) in [7, 11) is -1.92. The molecule has 0 bridgehead atoms. The fourth-order valence-electron chi connectivity index (χ4n) is 2.73. The first-order chi connectivity index (χ1) is 13.4. The summed E-state index contributed by atoms with van der Waals surface area (Å²) in [6, 6.07) is 9.74. The van der Waals surface area contributed by atoms with Crippen LogP contribution in [-0.2, 0) is 10.0 Å². The van der Waals surface area contributed by atoms with Crippen molar-refractivity contribution < 1.29 is 13.2 Å². The third kappa shape index (κ3) is 3.82. The molecular weight excluding hydrogens is 396 g/mol. The molecule has 2 heterocycles. The first kappa shape index (κ1) is 18.7. The number of amides is 1. The van der Waals surface area contributed by atoms with E-state index < -0.39 is 10.0 Å². The Balaban J connectivity index is 1.46. The van der Waals surface area contributed by atoms with Crippen LogP contribution in [0.3, 0.4) is 0 Å². The lowest BCUT2D eigenvalue weighted by atomic mass is 10.2. The van der Waals surface area contributed by atoms with E-state index in [4.69, 9.17) is 0 Å². The minimum atomic E-state index is -3.52. The maximum atomic E-state index is 12.5. The van der Waals surface area contributed by atoms with E-state index in [0.717, 1.165) is 24.1 Å². The molecule has 144 valence electrons. The Hall–Kier alpha value is -2.62. The average Bonchev–Trinajstić information content (AvgIpc) is 3.46. The standard InChI is InChI=1S/C19H18N4O3S2/c1-23(15-4-5-15)28(25,26)16-6-2-14(3-7-16)18(24)22-19-21-17(12-27-19)13-8-10-20-11-9-13/h2-3,6-12,15H,4-5H2,1H3,(H,21,22,24). The number of anilines is 1. The fraction of sp³-hybridized carbons (Fsp3) is 0.211. The van der Waals surface area contributed by atoms with Gasteiger partial charge >= 0.3 is 0 Å². The zero-order chi connectivity index (χ0) is 19.7. The minimum absolute atomic E-state index is 0.0902. The van der Waals surface area contributed by atoms with Crippen LogP contribution in [0.4, 0.5) is 5.13 Å². The van der Waals surface area contributed by atoms with Crippen LogP contribution < -0.4 is 5.32 Å². The highest BCUT2D eigenvalue weighted by molar-refractivity contribution is 7.89. The maximum absolute atomic E-state index is 12.5. The molecule has 1 amide bonds. The number of aromatic nitrogens is 2. The van der Waals surface area contributed by atoms with Gasteiger partial charge in [0, 0.05) is 42.0 Å². The number of nitrogens with zero attached hydrogens (tertiary/aromatic N) is 3. The topological polar surface area (TPSA) is 92.3 Å². The van der Waals surface area contributed by atoms with E-state index in [1.807, 2.05) is 17.5 Å². The van der Waals surface area contributed by atoms with Gasteiger partial charge in [-0.15, -0.1) is 11.3 Å². The fourth-order valence-corrected chi connectivity index (χ4v) is 4.87. The molecule has 0 spiro atoms. The third-order valence-corrected chi connectivity index (χ3v) is 7.24. The third-order valence-electron chi connectivity index (χ3n) is 4.56. The first-order valence-corrected chi connectivity index (χ1v) is 11.0. The van der Waals surface area contributed by atoms with Crippen LogP contribution >= 0.6 is 11.3 Å². The quantitative estimate of drug-likeness (QED) is 0.668. The van der Waals surface area contributed by atoms with Gasteiger partial charge in [-0.1, -0.05) is 0 Å². The van der Waals surface area contributed by atoms with Crippen molar-refractivity contribution in [2.75, 3.05) is 12.4 Å². The van der Waals surface area contributed by atoms with E-state index in [1.165, 1.54) is 39.9 Å². The number of hydrogen-bond acceptors (Lipinski definition) is 6. The summed E-state index contributed by atoms with van der Waals surface area (Å²) in [5.74, 6) is -0.338. The van der Waals surface area contributed by atoms with Crippen LogP contribution in [0, 0.1) is 0 Å². The molecule has 28 heavy (non-hydrogen) atoms. The van der Waals surface area contributed by atoms with Crippen molar-refractivity contribution >= 4 is 32.4 Å². The smallest absolute Gasteiger partial charge is 0.257 e. The van der Waals surface area contributed by atoms with Crippen LogP contribution in [0.1, 0.15) is 23.2 Å². The number of thiazole rings is 1. The van der Waals surface area contributed by atoms with Crippen molar-refractivity contribution in [3.63, 3.8) is 0 Å². The van der Waals surface area contributed by atoms with Crippen molar-refractivity contribution in [1.82, 2.24) is 14.3 Å². The summed E-state index contributed by atoms with van der Waals surface area (Å²) >= 11 is 1.32. The molecule has 1 aliphatic rings. The van der Waals surface area contributed by atoms with Crippen LogP contribution in [0.2, 0.25) is 0 Å². The van der Waals surface area contributed by atoms with Gasteiger partial charge in [-0.05, 0) is 49.2 Å². The van der Waals surface area contributed by atoms with Gasteiger partial charge in [-0.3, -0.25) is 15.1 Å². The highest BCUT2D eigenvalue weighted by atomic mass is 32.2. The molecule has 2 aromatic heterocycles. The SMILES string of the molecule is CN(C1CC1)S(=O)(=O)c1ccc(C(=O)Nc2nc(-c3ccncc3)cs2)cc1. The molecule has 0 atom stereocenters. The highest BCUT2D eigenvalue weighted by Gasteiger charge is 2.35. The molecule has 9 heteroatoms.